The van der Waals surface area contributed by atoms with E-state index < -0.39 is 11.7 Å². The van der Waals surface area contributed by atoms with Crippen molar-refractivity contribution in [1.29, 1.82) is 0 Å². The van der Waals surface area contributed by atoms with Gasteiger partial charge in [0.2, 0.25) is 5.78 Å². The normalized spacial score (nSPS) is 18.4. The number of benzene rings is 2. The van der Waals surface area contributed by atoms with E-state index >= 15 is 0 Å². The van der Waals surface area contributed by atoms with Gasteiger partial charge in [-0.1, -0.05) is 12.1 Å². The SMILES string of the molecule is C[C@@H]1CN(Cc2ccc(F)cc2)[C@@H](C)CN1C(=O)c1c[nH]c2ccc(C(=O)C(=O)NCCN(C)C)cc12. The molecule has 0 aliphatic carbocycles. The maximum atomic E-state index is 13.6. The first-order valence-electron chi connectivity index (χ1n) is 12.5. The fourth-order valence-electron chi connectivity index (χ4n) is 4.72. The Kier molecular flexibility index (Phi) is 8.04. The molecule has 0 spiro atoms. The highest BCUT2D eigenvalue weighted by atomic mass is 19.1. The number of hydrogen-bond donors (Lipinski definition) is 2. The zero-order valence-corrected chi connectivity index (χ0v) is 21.8. The number of aromatic amines is 1. The molecule has 1 aliphatic rings. The molecule has 4 rings (SSSR count). The van der Waals surface area contributed by atoms with Crippen molar-refractivity contribution in [1.82, 2.24) is 25.0 Å². The van der Waals surface area contributed by atoms with E-state index in [0.29, 0.717) is 43.7 Å². The van der Waals surface area contributed by atoms with Gasteiger partial charge in [0.1, 0.15) is 5.82 Å². The lowest BCUT2D eigenvalue weighted by atomic mass is 10.0. The van der Waals surface area contributed by atoms with E-state index in [0.717, 1.165) is 11.1 Å². The van der Waals surface area contributed by atoms with Crippen LogP contribution in [0.1, 0.15) is 40.1 Å². The smallest absolute Gasteiger partial charge is 0.292 e. The number of carbonyl (C=O) groups is 3. The molecule has 0 bridgehead atoms. The molecule has 2 aromatic carbocycles. The molecule has 37 heavy (non-hydrogen) atoms. The van der Waals surface area contributed by atoms with Crippen molar-refractivity contribution in [3.8, 4) is 0 Å². The van der Waals surface area contributed by atoms with Gasteiger partial charge >= 0.3 is 0 Å². The molecule has 1 aromatic heterocycles. The van der Waals surface area contributed by atoms with E-state index in [1.165, 1.54) is 12.1 Å². The Labute approximate surface area is 216 Å². The standard InChI is InChI=1S/C28H34FN5O3/c1-18-16-34(19(2)15-33(18)17-20-5-8-22(29)9-6-20)28(37)24-14-31-25-10-7-21(13-23(24)25)26(35)27(36)30-11-12-32(3)4/h5-10,13-14,18-19,31H,11-12,15-17H2,1-4H3,(H,30,36)/t18-,19+/m0/s1. The van der Waals surface area contributed by atoms with Gasteiger partial charge in [-0.3, -0.25) is 19.3 Å². The maximum absolute atomic E-state index is 13.6. The molecule has 2 heterocycles. The summed E-state index contributed by atoms with van der Waals surface area (Å²) in [7, 11) is 3.78. The first kappa shape index (κ1) is 26.5. The monoisotopic (exact) mass is 507 g/mol. The molecule has 0 unspecified atom stereocenters. The Morgan fingerprint density at radius 2 is 1.78 bits per heavy atom. The third kappa shape index (κ3) is 6.06. The van der Waals surface area contributed by atoms with Crippen LogP contribution in [-0.4, -0.2) is 89.6 Å². The summed E-state index contributed by atoms with van der Waals surface area (Å²) >= 11 is 0. The zero-order chi connectivity index (χ0) is 26.7. The first-order valence-corrected chi connectivity index (χ1v) is 12.5. The number of aromatic nitrogens is 1. The van der Waals surface area contributed by atoms with Crippen molar-refractivity contribution in [3.05, 3.63) is 71.2 Å². The molecule has 8 nitrogen and oxygen atoms in total. The minimum Gasteiger partial charge on any atom is -0.360 e. The van der Waals surface area contributed by atoms with E-state index in [9.17, 15) is 18.8 Å². The Balaban J connectivity index is 1.47. The fraction of sp³-hybridized carbons (Fsp3) is 0.393. The highest BCUT2D eigenvalue weighted by Gasteiger charge is 2.33. The number of ketones is 1. The van der Waals surface area contributed by atoms with Crippen molar-refractivity contribution in [2.75, 3.05) is 40.3 Å². The average Bonchev–Trinajstić information content (AvgIpc) is 3.29. The summed E-state index contributed by atoms with van der Waals surface area (Å²) in [6.07, 6.45) is 1.67. The number of rotatable bonds is 8. The lowest BCUT2D eigenvalue weighted by molar-refractivity contribution is -0.117. The van der Waals surface area contributed by atoms with E-state index in [1.807, 2.05) is 30.8 Å². The molecule has 3 aromatic rings. The van der Waals surface area contributed by atoms with Crippen LogP contribution in [-0.2, 0) is 11.3 Å². The van der Waals surface area contributed by atoms with Crippen LogP contribution in [0.5, 0.6) is 0 Å². The van der Waals surface area contributed by atoms with E-state index in [4.69, 9.17) is 0 Å². The molecule has 1 saturated heterocycles. The molecule has 9 heteroatoms. The second-order valence-corrected chi connectivity index (χ2v) is 10.1. The molecule has 2 atom stereocenters. The van der Waals surface area contributed by atoms with Crippen LogP contribution in [0.2, 0.25) is 0 Å². The van der Waals surface area contributed by atoms with Gasteiger partial charge in [-0.25, -0.2) is 4.39 Å². The van der Waals surface area contributed by atoms with Crippen LogP contribution in [0, 0.1) is 5.82 Å². The highest BCUT2D eigenvalue weighted by molar-refractivity contribution is 6.43. The molecule has 2 N–H and O–H groups in total. The van der Waals surface area contributed by atoms with Gasteiger partial charge in [-0.2, -0.15) is 0 Å². The minimum absolute atomic E-state index is 0.0404. The van der Waals surface area contributed by atoms with Gasteiger partial charge in [0.15, 0.2) is 0 Å². The third-order valence-corrected chi connectivity index (χ3v) is 6.90. The number of nitrogens with zero attached hydrogens (tertiary/aromatic N) is 3. The number of Topliss-reactive ketones (excluding diaryl/α,β-unsaturated/α-hetero) is 1. The van der Waals surface area contributed by atoms with E-state index in [2.05, 4.69) is 22.1 Å². The van der Waals surface area contributed by atoms with Crippen LogP contribution in [0.4, 0.5) is 4.39 Å². The molecule has 196 valence electrons. The second kappa shape index (κ2) is 11.2. The van der Waals surface area contributed by atoms with Gasteiger partial charge in [0.05, 0.1) is 5.56 Å². The van der Waals surface area contributed by atoms with Crippen molar-refractivity contribution in [2.24, 2.45) is 0 Å². The first-order chi connectivity index (χ1) is 17.6. The summed E-state index contributed by atoms with van der Waals surface area (Å²) in [5.41, 5.74) is 2.47. The Morgan fingerprint density at radius 1 is 1.05 bits per heavy atom. The molecular formula is C28H34FN5O3. The number of carbonyl (C=O) groups excluding carboxylic acids is 3. The second-order valence-electron chi connectivity index (χ2n) is 10.1. The quantitative estimate of drug-likeness (QED) is 0.362. The van der Waals surface area contributed by atoms with Gasteiger partial charge < -0.3 is 20.1 Å². The summed E-state index contributed by atoms with van der Waals surface area (Å²) in [4.78, 5) is 47.9. The molecular weight excluding hydrogens is 473 g/mol. The largest absolute Gasteiger partial charge is 0.360 e. The van der Waals surface area contributed by atoms with Crippen molar-refractivity contribution in [3.63, 3.8) is 0 Å². The summed E-state index contributed by atoms with van der Waals surface area (Å²) in [6, 6.07) is 11.5. The van der Waals surface area contributed by atoms with Gasteiger partial charge in [-0.05, 0) is 63.8 Å². The summed E-state index contributed by atoms with van der Waals surface area (Å²) in [5.74, 6) is -1.66. The number of fused-ring (bicyclic) bond motifs is 1. The van der Waals surface area contributed by atoms with E-state index in [-0.39, 0.29) is 29.4 Å². The predicted molar refractivity (Wildman–Crippen MR) is 141 cm³/mol. The summed E-state index contributed by atoms with van der Waals surface area (Å²) in [5, 5.41) is 3.26. The molecule has 1 aliphatic heterocycles. The highest BCUT2D eigenvalue weighted by Crippen LogP contribution is 2.25. The average molecular weight is 508 g/mol. The number of H-pyrrole nitrogens is 1. The van der Waals surface area contributed by atoms with Crippen LogP contribution >= 0.6 is 0 Å². The number of piperazine rings is 1. The Morgan fingerprint density at radius 3 is 2.49 bits per heavy atom. The number of likely N-dealkylation sites (N-methyl/N-ethyl adjacent to an activating group) is 1. The predicted octanol–water partition coefficient (Wildman–Crippen LogP) is 2.90. The van der Waals surface area contributed by atoms with Gasteiger partial charge in [-0.15, -0.1) is 0 Å². The van der Waals surface area contributed by atoms with Crippen LogP contribution in [0.3, 0.4) is 0 Å². The minimum atomic E-state index is -0.663. The lowest BCUT2D eigenvalue weighted by Gasteiger charge is -2.44. The molecule has 0 radical (unpaired) electrons. The Hall–Kier alpha value is -3.56. The molecule has 1 fully saturated rings. The van der Waals surface area contributed by atoms with E-state index in [1.54, 1.807) is 36.5 Å². The number of nitrogens with one attached hydrogen (secondary N) is 2. The molecule has 2 amide bonds. The molecule has 0 saturated carbocycles. The maximum Gasteiger partial charge on any atom is 0.292 e. The topological polar surface area (TPSA) is 88.8 Å². The van der Waals surface area contributed by atoms with Gasteiger partial charge in [0.25, 0.3) is 11.8 Å². The number of hydrogen-bond acceptors (Lipinski definition) is 5. The summed E-state index contributed by atoms with van der Waals surface area (Å²) in [6.45, 7) is 7.01. The zero-order valence-electron chi connectivity index (χ0n) is 21.8. The van der Waals surface area contributed by atoms with Gasteiger partial charge in [0, 0.05) is 67.5 Å². The van der Waals surface area contributed by atoms with Crippen LogP contribution in [0.25, 0.3) is 10.9 Å². The third-order valence-electron chi connectivity index (χ3n) is 6.90. The van der Waals surface area contributed by atoms with Crippen molar-refractivity contribution in [2.45, 2.75) is 32.5 Å². The van der Waals surface area contributed by atoms with Crippen LogP contribution in [0.15, 0.2) is 48.7 Å². The number of amides is 2. The fourth-order valence-corrected chi connectivity index (χ4v) is 4.72. The van der Waals surface area contributed by atoms with Crippen molar-refractivity contribution >= 4 is 28.5 Å². The van der Waals surface area contributed by atoms with Crippen LogP contribution < -0.4 is 5.32 Å². The lowest BCUT2D eigenvalue weighted by Crippen LogP contribution is -2.57. The number of halogens is 1. The van der Waals surface area contributed by atoms with Crippen molar-refractivity contribution < 1.29 is 18.8 Å². The Bertz CT molecular complexity index is 1290. The summed E-state index contributed by atoms with van der Waals surface area (Å²) < 4.78 is 13.3.